The number of allylic oxidation sites excluding steroid dienone is 2. The number of carbonyl (C=O) groups is 2. The second kappa shape index (κ2) is 4.57. The van der Waals surface area contributed by atoms with Crippen molar-refractivity contribution >= 4 is 35.0 Å². The molecule has 1 rings (SSSR count). The van der Waals surface area contributed by atoms with Crippen molar-refractivity contribution in [3.8, 4) is 0 Å². The first-order valence-corrected chi connectivity index (χ1v) is 5.24. The normalized spacial score (nSPS) is 30.3. The van der Waals surface area contributed by atoms with E-state index in [1.807, 2.05) is 0 Å². The van der Waals surface area contributed by atoms with Gasteiger partial charge < -0.3 is 9.84 Å². The molecule has 2 atom stereocenters. The Labute approximate surface area is 102 Å². The summed E-state index contributed by atoms with van der Waals surface area (Å²) in [6, 6.07) is 0. The zero-order valence-corrected chi connectivity index (χ0v) is 10.2. The van der Waals surface area contributed by atoms with E-state index in [0.717, 1.165) is 7.11 Å². The van der Waals surface area contributed by atoms with Crippen LogP contribution in [0.5, 0.6) is 0 Å². The smallest absolute Gasteiger partial charge is 0.344 e. The summed E-state index contributed by atoms with van der Waals surface area (Å²) in [6.07, 6.45) is 2.90. The number of carbonyl (C=O) groups excluding carboxylic acids is 2. The van der Waals surface area contributed by atoms with Crippen LogP contribution in [0.1, 0.15) is 6.92 Å². The predicted octanol–water partition coefficient (Wildman–Crippen LogP) is 1.15. The van der Waals surface area contributed by atoms with Crippen LogP contribution in [0.3, 0.4) is 0 Å². The van der Waals surface area contributed by atoms with Crippen LogP contribution in [0.4, 0.5) is 0 Å². The lowest BCUT2D eigenvalue weighted by Gasteiger charge is -2.23. The molecule has 16 heavy (non-hydrogen) atoms. The number of alkyl halides is 1. The molecule has 0 heterocycles. The quantitative estimate of drug-likeness (QED) is 0.601. The van der Waals surface area contributed by atoms with Gasteiger partial charge in [-0.05, 0) is 6.92 Å². The Morgan fingerprint density at radius 2 is 2.19 bits per heavy atom. The van der Waals surface area contributed by atoms with Gasteiger partial charge in [-0.1, -0.05) is 23.8 Å². The molecule has 0 fully saturated rings. The molecule has 0 aromatic rings. The van der Waals surface area contributed by atoms with Gasteiger partial charge >= 0.3 is 5.97 Å². The molecule has 0 aromatic carbocycles. The lowest BCUT2D eigenvalue weighted by atomic mass is 9.95. The van der Waals surface area contributed by atoms with Crippen molar-refractivity contribution in [1.29, 1.82) is 0 Å². The number of halogens is 2. The Morgan fingerprint density at radius 1 is 1.62 bits per heavy atom. The maximum atomic E-state index is 11.5. The summed E-state index contributed by atoms with van der Waals surface area (Å²) >= 11 is 11.4. The number of hydrogen-bond acceptors (Lipinski definition) is 4. The number of ketones is 1. The van der Waals surface area contributed by atoms with Gasteiger partial charge in [-0.15, -0.1) is 11.6 Å². The molecular weight excluding hydrogens is 255 g/mol. The summed E-state index contributed by atoms with van der Waals surface area (Å²) in [7, 11) is 1.09. The van der Waals surface area contributed by atoms with Crippen LogP contribution in [0.25, 0.3) is 0 Å². The van der Waals surface area contributed by atoms with Gasteiger partial charge in [0, 0.05) is 5.57 Å². The molecule has 0 aromatic heterocycles. The van der Waals surface area contributed by atoms with E-state index >= 15 is 0 Å². The second-order valence-electron chi connectivity index (χ2n) is 3.21. The average Bonchev–Trinajstić information content (AvgIpc) is 2.44. The van der Waals surface area contributed by atoms with Crippen molar-refractivity contribution in [1.82, 2.24) is 0 Å². The zero-order valence-electron chi connectivity index (χ0n) is 8.66. The SMILES string of the molecule is C/C=C/C1=C(Cl)C(=O)[C@@H](Cl)[C@]1(O)C(=O)OC. The van der Waals surface area contributed by atoms with Gasteiger partial charge in [-0.25, -0.2) is 4.79 Å². The van der Waals surface area contributed by atoms with Gasteiger partial charge in [0.25, 0.3) is 0 Å². The standard InChI is InChI=1S/C10H10Cl2O4/c1-3-4-5-6(11)7(13)8(12)10(5,15)9(14)16-2/h3-4,8,15H,1-2H3/b4-3+/t8-,10+/m1/s1. The van der Waals surface area contributed by atoms with Gasteiger partial charge in [-0.3, -0.25) is 4.79 Å². The summed E-state index contributed by atoms with van der Waals surface area (Å²) in [5.74, 6) is -1.70. The Bertz CT molecular complexity index is 400. The molecule has 0 spiro atoms. The lowest BCUT2D eigenvalue weighted by molar-refractivity contribution is -0.158. The van der Waals surface area contributed by atoms with Crippen molar-refractivity contribution in [3.63, 3.8) is 0 Å². The molecule has 88 valence electrons. The fourth-order valence-corrected chi connectivity index (χ4v) is 2.16. The van der Waals surface area contributed by atoms with Gasteiger partial charge in [-0.2, -0.15) is 0 Å². The van der Waals surface area contributed by atoms with Crippen LogP contribution in [0, 0.1) is 0 Å². The van der Waals surface area contributed by atoms with Crippen molar-refractivity contribution in [2.24, 2.45) is 0 Å². The van der Waals surface area contributed by atoms with Crippen molar-refractivity contribution in [3.05, 3.63) is 22.8 Å². The molecule has 1 N–H and O–H groups in total. The Kier molecular flexibility index (Phi) is 3.78. The van der Waals surface area contributed by atoms with Crippen LogP contribution in [-0.4, -0.2) is 34.9 Å². The van der Waals surface area contributed by atoms with Crippen LogP contribution in [-0.2, 0) is 14.3 Å². The van der Waals surface area contributed by atoms with Crippen molar-refractivity contribution in [2.75, 3.05) is 7.11 Å². The van der Waals surface area contributed by atoms with E-state index in [0.29, 0.717) is 0 Å². The minimum atomic E-state index is -2.21. The first-order chi connectivity index (χ1) is 7.41. The van der Waals surface area contributed by atoms with Crippen LogP contribution < -0.4 is 0 Å². The van der Waals surface area contributed by atoms with E-state index in [1.165, 1.54) is 12.2 Å². The number of hydrogen-bond donors (Lipinski definition) is 1. The van der Waals surface area contributed by atoms with E-state index in [-0.39, 0.29) is 10.6 Å². The topological polar surface area (TPSA) is 63.6 Å². The monoisotopic (exact) mass is 264 g/mol. The van der Waals surface area contributed by atoms with E-state index in [2.05, 4.69) is 4.74 Å². The number of esters is 1. The minimum absolute atomic E-state index is 0.0338. The highest BCUT2D eigenvalue weighted by atomic mass is 35.5. The molecule has 1 aliphatic carbocycles. The molecule has 0 unspecified atom stereocenters. The van der Waals surface area contributed by atoms with E-state index in [4.69, 9.17) is 23.2 Å². The van der Waals surface area contributed by atoms with E-state index < -0.39 is 22.7 Å². The van der Waals surface area contributed by atoms with E-state index in [1.54, 1.807) is 6.92 Å². The van der Waals surface area contributed by atoms with Gasteiger partial charge in [0.2, 0.25) is 5.60 Å². The van der Waals surface area contributed by atoms with Gasteiger partial charge in [0.1, 0.15) is 5.38 Å². The molecule has 4 nitrogen and oxygen atoms in total. The number of Topliss-reactive ketones (excluding diaryl/α,β-unsaturated/α-hetero) is 1. The summed E-state index contributed by atoms with van der Waals surface area (Å²) in [6.45, 7) is 1.65. The summed E-state index contributed by atoms with van der Waals surface area (Å²) in [5.41, 5.74) is -2.25. The third-order valence-electron chi connectivity index (χ3n) is 2.29. The third-order valence-corrected chi connectivity index (χ3v) is 3.19. The molecule has 0 saturated carbocycles. The molecule has 6 heteroatoms. The Morgan fingerprint density at radius 3 is 2.62 bits per heavy atom. The highest BCUT2D eigenvalue weighted by Gasteiger charge is 2.57. The minimum Gasteiger partial charge on any atom is -0.467 e. The molecule has 0 aliphatic heterocycles. The third kappa shape index (κ3) is 1.67. The summed E-state index contributed by atoms with van der Waals surface area (Å²) < 4.78 is 4.43. The fraction of sp³-hybridized carbons (Fsp3) is 0.400. The molecule has 0 radical (unpaired) electrons. The van der Waals surface area contributed by atoms with Crippen LogP contribution >= 0.6 is 23.2 Å². The zero-order chi connectivity index (χ0) is 12.5. The van der Waals surface area contributed by atoms with E-state index in [9.17, 15) is 14.7 Å². The molecule has 0 saturated heterocycles. The van der Waals surface area contributed by atoms with Crippen LogP contribution in [0.15, 0.2) is 22.8 Å². The fourth-order valence-electron chi connectivity index (χ4n) is 1.47. The summed E-state index contributed by atoms with van der Waals surface area (Å²) in [4.78, 5) is 23.0. The number of aliphatic hydroxyl groups is 1. The Balaban J connectivity index is 3.37. The highest BCUT2D eigenvalue weighted by Crippen LogP contribution is 2.40. The molecule has 0 amide bonds. The largest absolute Gasteiger partial charge is 0.467 e. The van der Waals surface area contributed by atoms with Crippen molar-refractivity contribution < 1.29 is 19.4 Å². The van der Waals surface area contributed by atoms with Crippen molar-refractivity contribution in [2.45, 2.75) is 17.9 Å². The maximum absolute atomic E-state index is 11.5. The van der Waals surface area contributed by atoms with Crippen LogP contribution in [0.2, 0.25) is 0 Å². The van der Waals surface area contributed by atoms with Gasteiger partial charge in [0.05, 0.1) is 12.1 Å². The Hall–Kier alpha value is -0.840. The summed E-state index contributed by atoms with van der Waals surface area (Å²) in [5, 5.41) is 8.44. The first kappa shape index (κ1) is 13.2. The number of ether oxygens (including phenoxy) is 1. The van der Waals surface area contributed by atoms with Gasteiger partial charge in [0.15, 0.2) is 5.78 Å². The second-order valence-corrected chi connectivity index (χ2v) is 4.03. The first-order valence-electron chi connectivity index (χ1n) is 4.43. The number of methoxy groups -OCH3 is 1. The molecular formula is C10H10Cl2O4. The molecule has 0 bridgehead atoms. The maximum Gasteiger partial charge on any atom is 0.344 e. The predicted molar refractivity (Wildman–Crippen MR) is 59.3 cm³/mol. The lowest BCUT2D eigenvalue weighted by Crippen LogP contribution is -2.48. The number of rotatable bonds is 2. The average molecular weight is 265 g/mol. The molecule has 1 aliphatic rings. The highest BCUT2D eigenvalue weighted by molar-refractivity contribution is 6.52.